The SMILES string of the molecule is C[C@H]1CN(C)c2ccccc2CN1C(=O)NC[C@H]1CCN(C2CC2)C1. The second-order valence-electron chi connectivity index (χ2n) is 8.05. The van der Waals surface area contributed by atoms with Gasteiger partial charge in [0.1, 0.15) is 0 Å². The van der Waals surface area contributed by atoms with Crippen molar-refractivity contribution >= 4 is 11.7 Å². The Morgan fingerprint density at radius 1 is 1.20 bits per heavy atom. The molecule has 1 saturated heterocycles. The van der Waals surface area contributed by atoms with E-state index in [1.54, 1.807) is 0 Å². The van der Waals surface area contributed by atoms with E-state index < -0.39 is 0 Å². The summed E-state index contributed by atoms with van der Waals surface area (Å²) < 4.78 is 0. The molecule has 2 atom stereocenters. The van der Waals surface area contributed by atoms with Crippen molar-refractivity contribution in [1.82, 2.24) is 15.1 Å². The smallest absolute Gasteiger partial charge is 0.318 e. The van der Waals surface area contributed by atoms with Gasteiger partial charge in [0.15, 0.2) is 0 Å². The first-order valence-electron chi connectivity index (χ1n) is 9.69. The lowest BCUT2D eigenvalue weighted by molar-refractivity contribution is 0.176. The fourth-order valence-corrected chi connectivity index (χ4v) is 4.36. The number of fused-ring (bicyclic) bond motifs is 1. The molecule has 1 saturated carbocycles. The van der Waals surface area contributed by atoms with Gasteiger partial charge in [-0.1, -0.05) is 18.2 Å². The predicted octanol–water partition coefficient (Wildman–Crippen LogP) is 2.52. The molecule has 0 spiro atoms. The minimum absolute atomic E-state index is 0.0856. The lowest BCUT2D eigenvalue weighted by atomic mass is 10.1. The van der Waals surface area contributed by atoms with Gasteiger partial charge in [-0.3, -0.25) is 0 Å². The van der Waals surface area contributed by atoms with Gasteiger partial charge >= 0.3 is 6.03 Å². The highest BCUT2D eigenvalue weighted by Gasteiger charge is 2.34. The van der Waals surface area contributed by atoms with Crippen LogP contribution in [-0.2, 0) is 6.54 Å². The second-order valence-corrected chi connectivity index (χ2v) is 8.05. The molecular formula is C20H30N4O. The summed E-state index contributed by atoms with van der Waals surface area (Å²) >= 11 is 0. The number of amides is 2. The number of urea groups is 1. The number of carbonyl (C=O) groups is 1. The third kappa shape index (κ3) is 3.61. The minimum atomic E-state index is 0.0856. The average Bonchev–Trinajstić information content (AvgIpc) is 3.37. The van der Waals surface area contributed by atoms with Crippen molar-refractivity contribution in [2.24, 2.45) is 5.92 Å². The molecule has 5 heteroatoms. The van der Waals surface area contributed by atoms with Crippen LogP contribution >= 0.6 is 0 Å². The van der Waals surface area contributed by atoms with Crippen molar-refractivity contribution in [3.05, 3.63) is 29.8 Å². The Morgan fingerprint density at radius 2 is 2.00 bits per heavy atom. The Balaban J connectivity index is 1.36. The molecule has 0 bridgehead atoms. The Hall–Kier alpha value is -1.75. The quantitative estimate of drug-likeness (QED) is 0.917. The molecule has 0 aromatic heterocycles. The Kier molecular flexibility index (Phi) is 4.59. The van der Waals surface area contributed by atoms with E-state index in [2.05, 4.69) is 53.4 Å². The number of benzene rings is 1. The number of hydrogen-bond donors (Lipinski definition) is 1. The highest BCUT2D eigenvalue weighted by atomic mass is 16.2. The number of nitrogens with one attached hydrogen (secondary N) is 1. The van der Waals surface area contributed by atoms with E-state index in [4.69, 9.17) is 0 Å². The molecular weight excluding hydrogens is 312 g/mol. The van der Waals surface area contributed by atoms with E-state index in [-0.39, 0.29) is 12.1 Å². The van der Waals surface area contributed by atoms with Gasteiger partial charge in [0, 0.05) is 51.0 Å². The zero-order chi connectivity index (χ0) is 17.4. The third-order valence-corrected chi connectivity index (χ3v) is 6.00. The average molecular weight is 342 g/mol. The topological polar surface area (TPSA) is 38.8 Å². The van der Waals surface area contributed by atoms with Crippen molar-refractivity contribution < 1.29 is 4.79 Å². The molecule has 2 aliphatic heterocycles. The van der Waals surface area contributed by atoms with E-state index >= 15 is 0 Å². The number of anilines is 1. The lowest BCUT2D eigenvalue weighted by Gasteiger charge is -2.29. The summed E-state index contributed by atoms with van der Waals surface area (Å²) in [5.74, 6) is 0.613. The number of para-hydroxylation sites is 1. The van der Waals surface area contributed by atoms with Crippen LogP contribution in [0.4, 0.5) is 10.5 Å². The summed E-state index contributed by atoms with van der Waals surface area (Å²) in [5, 5.41) is 3.22. The molecule has 0 unspecified atom stereocenters. The summed E-state index contributed by atoms with van der Waals surface area (Å²) in [4.78, 5) is 19.7. The highest BCUT2D eigenvalue weighted by Crippen LogP contribution is 2.31. The van der Waals surface area contributed by atoms with Gasteiger partial charge in [-0.15, -0.1) is 0 Å². The molecule has 2 fully saturated rings. The van der Waals surface area contributed by atoms with Crippen LogP contribution in [-0.4, -0.2) is 61.1 Å². The lowest BCUT2D eigenvalue weighted by Crippen LogP contribution is -2.48. The van der Waals surface area contributed by atoms with E-state index in [9.17, 15) is 4.79 Å². The monoisotopic (exact) mass is 342 g/mol. The molecule has 2 amide bonds. The fraction of sp³-hybridized carbons (Fsp3) is 0.650. The molecule has 1 aromatic rings. The van der Waals surface area contributed by atoms with Crippen LogP contribution in [0.2, 0.25) is 0 Å². The molecule has 136 valence electrons. The summed E-state index contributed by atoms with van der Waals surface area (Å²) in [6.07, 6.45) is 3.96. The van der Waals surface area contributed by atoms with Crippen molar-refractivity contribution in [1.29, 1.82) is 0 Å². The highest BCUT2D eigenvalue weighted by molar-refractivity contribution is 5.75. The number of nitrogens with zero attached hydrogens (tertiary/aromatic N) is 3. The predicted molar refractivity (Wildman–Crippen MR) is 101 cm³/mol. The maximum atomic E-state index is 12.8. The molecule has 25 heavy (non-hydrogen) atoms. The summed E-state index contributed by atoms with van der Waals surface area (Å²) in [6, 6.07) is 9.54. The van der Waals surface area contributed by atoms with Crippen LogP contribution in [0.5, 0.6) is 0 Å². The van der Waals surface area contributed by atoms with E-state index in [0.29, 0.717) is 12.5 Å². The minimum Gasteiger partial charge on any atom is -0.372 e. The first kappa shape index (κ1) is 16.7. The van der Waals surface area contributed by atoms with E-state index in [1.165, 1.54) is 37.1 Å². The van der Waals surface area contributed by atoms with Gasteiger partial charge in [-0.25, -0.2) is 4.79 Å². The fourth-order valence-electron chi connectivity index (χ4n) is 4.36. The van der Waals surface area contributed by atoms with Gasteiger partial charge in [0.25, 0.3) is 0 Å². The number of likely N-dealkylation sites (tertiary alicyclic amines) is 1. The number of likely N-dealkylation sites (N-methyl/N-ethyl adjacent to an activating group) is 1. The number of hydrogen-bond acceptors (Lipinski definition) is 3. The standard InChI is InChI=1S/C20H30N4O/c1-15-12-22(2)19-6-4-3-5-17(19)14-24(15)20(25)21-11-16-9-10-23(13-16)18-7-8-18/h3-6,15-16,18H,7-14H2,1-2H3,(H,21,25)/t15-,16+/m0/s1. The van der Waals surface area contributed by atoms with Crippen molar-refractivity contribution in [3.63, 3.8) is 0 Å². The third-order valence-electron chi connectivity index (χ3n) is 6.00. The summed E-state index contributed by atoms with van der Waals surface area (Å²) in [7, 11) is 2.11. The van der Waals surface area contributed by atoms with Gasteiger partial charge in [-0.05, 0) is 50.3 Å². The molecule has 2 heterocycles. The van der Waals surface area contributed by atoms with Crippen molar-refractivity contribution in [3.8, 4) is 0 Å². The molecule has 0 radical (unpaired) electrons. The molecule has 3 aliphatic rings. The van der Waals surface area contributed by atoms with Crippen LogP contribution in [0.15, 0.2) is 24.3 Å². The van der Waals surface area contributed by atoms with Gasteiger partial charge < -0.3 is 20.0 Å². The van der Waals surface area contributed by atoms with Crippen molar-refractivity contribution in [2.45, 2.75) is 44.8 Å². The van der Waals surface area contributed by atoms with E-state index in [1.807, 2.05) is 4.90 Å². The molecule has 1 aromatic carbocycles. The normalized spacial score (nSPS) is 27.1. The van der Waals surface area contributed by atoms with E-state index in [0.717, 1.165) is 25.7 Å². The number of rotatable bonds is 3. The maximum Gasteiger partial charge on any atom is 0.318 e. The van der Waals surface area contributed by atoms with Gasteiger partial charge in [0.05, 0.1) is 0 Å². The summed E-state index contributed by atoms with van der Waals surface area (Å²) in [5.41, 5.74) is 2.46. The van der Waals surface area contributed by atoms with Crippen LogP contribution < -0.4 is 10.2 Å². The van der Waals surface area contributed by atoms with Crippen LogP contribution in [0, 0.1) is 5.92 Å². The molecule has 5 nitrogen and oxygen atoms in total. The van der Waals surface area contributed by atoms with Gasteiger partial charge in [-0.2, -0.15) is 0 Å². The zero-order valence-corrected chi connectivity index (χ0v) is 15.4. The Morgan fingerprint density at radius 3 is 2.80 bits per heavy atom. The maximum absolute atomic E-state index is 12.8. The first-order valence-corrected chi connectivity index (χ1v) is 9.69. The Labute approximate surface area is 151 Å². The molecule has 1 aliphatic carbocycles. The second kappa shape index (κ2) is 6.87. The van der Waals surface area contributed by atoms with Crippen molar-refractivity contribution in [2.75, 3.05) is 38.1 Å². The first-order chi connectivity index (χ1) is 12.1. The number of carbonyl (C=O) groups excluding carboxylic acids is 1. The van der Waals surface area contributed by atoms with Gasteiger partial charge in [0.2, 0.25) is 0 Å². The van der Waals surface area contributed by atoms with Crippen LogP contribution in [0.1, 0.15) is 31.7 Å². The largest absolute Gasteiger partial charge is 0.372 e. The van der Waals surface area contributed by atoms with Crippen LogP contribution in [0.25, 0.3) is 0 Å². The Bertz CT molecular complexity index is 630. The molecule has 4 rings (SSSR count). The van der Waals surface area contributed by atoms with Crippen LogP contribution in [0.3, 0.4) is 0 Å². The zero-order valence-electron chi connectivity index (χ0n) is 15.4. The summed E-state index contributed by atoms with van der Waals surface area (Å²) in [6.45, 7) is 6.88. The molecule has 1 N–H and O–H groups in total.